The zero-order valence-corrected chi connectivity index (χ0v) is 10.9. The molecule has 1 aromatic carbocycles. The molecule has 114 valence electrons. The topological polar surface area (TPSA) is 64.9 Å². The third-order valence-corrected chi connectivity index (χ3v) is 2.88. The molecule has 1 atom stereocenters. The van der Waals surface area contributed by atoms with E-state index in [1.54, 1.807) is 13.8 Å². The van der Waals surface area contributed by atoms with Gasteiger partial charge < -0.3 is 10.3 Å². The third kappa shape index (κ3) is 2.48. The highest BCUT2D eigenvalue weighted by atomic mass is 19.2. The number of nitrogens with zero attached hydrogens (tertiary/aromatic N) is 2. The summed E-state index contributed by atoms with van der Waals surface area (Å²) in [4.78, 5) is 3.60. The molecule has 0 saturated heterocycles. The van der Waals surface area contributed by atoms with Crippen LogP contribution in [0.2, 0.25) is 0 Å². The summed E-state index contributed by atoms with van der Waals surface area (Å²) >= 11 is 0. The van der Waals surface area contributed by atoms with Gasteiger partial charge in [-0.05, 0) is 5.92 Å². The van der Waals surface area contributed by atoms with Crippen LogP contribution in [0.15, 0.2) is 4.52 Å². The zero-order valence-electron chi connectivity index (χ0n) is 10.9. The first kappa shape index (κ1) is 15.4. The largest absolute Gasteiger partial charge is 0.334 e. The molecule has 2 rings (SSSR count). The third-order valence-electron chi connectivity index (χ3n) is 2.88. The van der Waals surface area contributed by atoms with Gasteiger partial charge in [-0.3, -0.25) is 0 Å². The predicted molar refractivity (Wildman–Crippen MR) is 61.3 cm³/mol. The standard InChI is InChI=1S/C12H10F5N3O/c1-3(2)10(18)11-19-12(21-20-11)4-5(13)7(15)9(17)8(16)6(4)14/h3,10H,18H2,1-2H3. The van der Waals surface area contributed by atoms with Gasteiger partial charge in [0, 0.05) is 0 Å². The molecule has 0 aliphatic rings. The van der Waals surface area contributed by atoms with E-state index in [0.717, 1.165) is 0 Å². The minimum absolute atomic E-state index is 0.0936. The molecule has 1 aromatic heterocycles. The molecule has 2 aromatic rings. The van der Waals surface area contributed by atoms with E-state index in [0.29, 0.717) is 0 Å². The maximum Gasteiger partial charge on any atom is 0.264 e. The van der Waals surface area contributed by atoms with Gasteiger partial charge in [0.15, 0.2) is 29.1 Å². The van der Waals surface area contributed by atoms with Crippen molar-refractivity contribution in [2.24, 2.45) is 11.7 Å². The Hall–Kier alpha value is -2.03. The Kier molecular flexibility index (Phi) is 3.95. The van der Waals surface area contributed by atoms with Crippen LogP contribution in [0.5, 0.6) is 0 Å². The van der Waals surface area contributed by atoms with Crippen LogP contribution < -0.4 is 5.73 Å². The SMILES string of the molecule is CC(C)C(N)c1noc(-c2c(F)c(F)c(F)c(F)c2F)n1. The Morgan fingerprint density at radius 1 is 0.905 bits per heavy atom. The van der Waals surface area contributed by atoms with Crippen molar-refractivity contribution in [3.05, 3.63) is 34.9 Å². The molecule has 0 saturated carbocycles. The number of benzene rings is 1. The van der Waals surface area contributed by atoms with E-state index < -0.39 is 46.6 Å². The second-order valence-electron chi connectivity index (χ2n) is 4.67. The summed E-state index contributed by atoms with van der Waals surface area (Å²) in [5, 5.41) is 3.39. The van der Waals surface area contributed by atoms with Crippen LogP contribution in [-0.4, -0.2) is 10.1 Å². The lowest BCUT2D eigenvalue weighted by molar-refractivity contribution is 0.369. The molecule has 1 heterocycles. The molecule has 0 aliphatic heterocycles. The molecular weight excluding hydrogens is 297 g/mol. The maximum absolute atomic E-state index is 13.6. The smallest absolute Gasteiger partial charge is 0.264 e. The van der Waals surface area contributed by atoms with Crippen molar-refractivity contribution >= 4 is 0 Å². The first-order valence-electron chi connectivity index (χ1n) is 5.86. The lowest BCUT2D eigenvalue weighted by atomic mass is 10.1. The van der Waals surface area contributed by atoms with Crippen LogP contribution in [0.1, 0.15) is 25.7 Å². The van der Waals surface area contributed by atoms with Crippen LogP contribution in [0.3, 0.4) is 0 Å². The van der Waals surface area contributed by atoms with Gasteiger partial charge >= 0.3 is 0 Å². The van der Waals surface area contributed by atoms with Gasteiger partial charge in [0.1, 0.15) is 5.56 Å². The van der Waals surface area contributed by atoms with E-state index in [2.05, 4.69) is 14.7 Å². The van der Waals surface area contributed by atoms with Crippen LogP contribution in [0.25, 0.3) is 11.5 Å². The van der Waals surface area contributed by atoms with E-state index in [1.807, 2.05) is 0 Å². The Balaban J connectivity index is 2.58. The highest BCUT2D eigenvalue weighted by Gasteiger charge is 2.30. The van der Waals surface area contributed by atoms with Gasteiger partial charge in [-0.2, -0.15) is 4.98 Å². The molecule has 0 amide bonds. The quantitative estimate of drug-likeness (QED) is 0.537. The maximum atomic E-state index is 13.6. The molecule has 21 heavy (non-hydrogen) atoms. The Morgan fingerprint density at radius 2 is 1.38 bits per heavy atom. The van der Waals surface area contributed by atoms with Crippen LogP contribution in [0, 0.1) is 35.0 Å². The normalized spacial score (nSPS) is 13.0. The molecular formula is C12H10F5N3O. The zero-order chi connectivity index (χ0) is 15.9. The van der Waals surface area contributed by atoms with Crippen LogP contribution in [-0.2, 0) is 0 Å². The molecule has 1 unspecified atom stereocenters. The fourth-order valence-corrected chi connectivity index (χ4v) is 1.56. The summed E-state index contributed by atoms with van der Waals surface area (Å²) in [7, 11) is 0. The number of hydrogen-bond acceptors (Lipinski definition) is 4. The van der Waals surface area contributed by atoms with Gasteiger partial charge in [-0.15, -0.1) is 0 Å². The number of nitrogens with two attached hydrogens (primary N) is 1. The highest BCUT2D eigenvalue weighted by molar-refractivity contribution is 5.55. The summed E-state index contributed by atoms with van der Waals surface area (Å²) < 4.78 is 70.9. The van der Waals surface area contributed by atoms with Crippen molar-refractivity contribution in [3.63, 3.8) is 0 Å². The first-order chi connectivity index (χ1) is 9.75. The minimum atomic E-state index is -2.26. The van der Waals surface area contributed by atoms with Crippen molar-refractivity contribution in [1.82, 2.24) is 10.1 Å². The lowest BCUT2D eigenvalue weighted by Crippen LogP contribution is -2.18. The second kappa shape index (κ2) is 5.40. The summed E-state index contributed by atoms with van der Waals surface area (Å²) in [5.74, 6) is -11.6. The van der Waals surface area contributed by atoms with Crippen LogP contribution in [0.4, 0.5) is 22.0 Å². The van der Waals surface area contributed by atoms with Crippen molar-refractivity contribution in [1.29, 1.82) is 0 Å². The van der Waals surface area contributed by atoms with E-state index in [9.17, 15) is 22.0 Å². The summed E-state index contributed by atoms with van der Waals surface area (Å²) in [5.41, 5.74) is 4.43. The molecule has 0 fully saturated rings. The average Bonchev–Trinajstić information content (AvgIpc) is 2.91. The van der Waals surface area contributed by atoms with Crippen molar-refractivity contribution < 1.29 is 26.5 Å². The summed E-state index contributed by atoms with van der Waals surface area (Å²) in [6, 6.07) is -0.705. The Labute approximate surface area is 115 Å². The van der Waals surface area contributed by atoms with Gasteiger partial charge in [0.25, 0.3) is 5.89 Å². The number of aromatic nitrogens is 2. The van der Waals surface area contributed by atoms with Crippen LogP contribution >= 0.6 is 0 Å². The molecule has 0 bridgehead atoms. The molecule has 0 spiro atoms. The fraction of sp³-hybridized carbons (Fsp3) is 0.333. The van der Waals surface area contributed by atoms with Gasteiger partial charge in [-0.25, -0.2) is 22.0 Å². The monoisotopic (exact) mass is 307 g/mol. The van der Waals surface area contributed by atoms with E-state index in [4.69, 9.17) is 5.73 Å². The van der Waals surface area contributed by atoms with E-state index in [1.165, 1.54) is 0 Å². The van der Waals surface area contributed by atoms with E-state index >= 15 is 0 Å². The predicted octanol–water partition coefficient (Wildman–Crippen LogP) is 3.09. The minimum Gasteiger partial charge on any atom is -0.334 e. The van der Waals surface area contributed by atoms with Gasteiger partial charge in [-0.1, -0.05) is 19.0 Å². The van der Waals surface area contributed by atoms with E-state index in [-0.39, 0.29) is 11.7 Å². The highest BCUT2D eigenvalue weighted by Crippen LogP contribution is 2.31. The molecule has 0 radical (unpaired) electrons. The number of hydrogen-bond donors (Lipinski definition) is 1. The number of halogens is 5. The summed E-state index contributed by atoms with van der Waals surface area (Å²) in [6.07, 6.45) is 0. The van der Waals surface area contributed by atoms with Gasteiger partial charge in [0.05, 0.1) is 6.04 Å². The average molecular weight is 307 g/mol. The van der Waals surface area contributed by atoms with Crippen molar-refractivity contribution in [2.45, 2.75) is 19.9 Å². The molecule has 0 aliphatic carbocycles. The van der Waals surface area contributed by atoms with Crippen molar-refractivity contribution in [2.75, 3.05) is 0 Å². The Bertz CT molecular complexity index is 657. The molecule has 2 N–H and O–H groups in total. The lowest BCUT2D eigenvalue weighted by Gasteiger charge is -2.09. The molecule has 4 nitrogen and oxygen atoms in total. The first-order valence-corrected chi connectivity index (χ1v) is 5.86. The number of rotatable bonds is 3. The Morgan fingerprint density at radius 3 is 1.86 bits per heavy atom. The van der Waals surface area contributed by atoms with Crippen molar-refractivity contribution in [3.8, 4) is 11.5 Å². The summed E-state index contributed by atoms with van der Waals surface area (Å²) in [6.45, 7) is 3.47. The molecule has 9 heteroatoms. The second-order valence-corrected chi connectivity index (χ2v) is 4.67. The fourth-order valence-electron chi connectivity index (χ4n) is 1.56. The van der Waals surface area contributed by atoms with Gasteiger partial charge in [0.2, 0.25) is 5.82 Å².